The van der Waals surface area contributed by atoms with Crippen molar-refractivity contribution in [2.45, 2.75) is 6.92 Å². The molecule has 0 aliphatic heterocycles. The zero-order valence-electron chi connectivity index (χ0n) is 6.82. The van der Waals surface area contributed by atoms with Crippen molar-refractivity contribution in [2.24, 2.45) is 0 Å². The minimum Gasteiger partial charge on any atom is -0.478 e. The van der Waals surface area contributed by atoms with Gasteiger partial charge in [0, 0.05) is 6.08 Å². The number of carboxylic acid groups (broad SMARTS) is 1. The SMILES string of the molecule is Cc1ccc(/C=C/C(=O)O)cc1. The molecule has 0 aliphatic rings. The topological polar surface area (TPSA) is 37.3 Å². The van der Waals surface area contributed by atoms with Crippen LogP contribution in [0.25, 0.3) is 6.08 Å². The summed E-state index contributed by atoms with van der Waals surface area (Å²) in [7, 11) is 0. The van der Waals surface area contributed by atoms with Crippen LogP contribution in [0.2, 0.25) is 0 Å². The molecule has 2 heteroatoms. The molecule has 1 N–H and O–H groups in total. The smallest absolute Gasteiger partial charge is 0.328 e. The van der Waals surface area contributed by atoms with Crippen molar-refractivity contribution in [3.63, 3.8) is 0 Å². The molecule has 62 valence electrons. The van der Waals surface area contributed by atoms with Crippen molar-refractivity contribution in [1.82, 2.24) is 0 Å². The molecule has 0 saturated heterocycles. The summed E-state index contributed by atoms with van der Waals surface area (Å²) in [6, 6.07) is 7.66. The second-order valence-electron chi connectivity index (χ2n) is 2.58. The third-order valence-corrected chi connectivity index (χ3v) is 1.50. The van der Waals surface area contributed by atoms with E-state index in [4.69, 9.17) is 5.11 Å². The monoisotopic (exact) mass is 162 g/mol. The quantitative estimate of drug-likeness (QED) is 0.676. The number of hydrogen-bond donors (Lipinski definition) is 1. The highest BCUT2D eigenvalue weighted by Crippen LogP contribution is 2.04. The van der Waals surface area contributed by atoms with Gasteiger partial charge in [0.05, 0.1) is 0 Å². The summed E-state index contributed by atoms with van der Waals surface area (Å²) in [5, 5.41) is 8.34. The third kappa shape index (κ3) is 2.58. The predicted molar refractivity (Wildman–Crippen MR) is 47.8 cm³/mol. The van der Waals surface area contributed by atoms with Crippen molar-refractivity contribution < 1.29 is 9.90 Å². The number of benzene rings is 1. The summed E-state index contributed by atoms with van der Waals surface area (Å²) < 4.78 is 0. The van der Waals surface area contributed by atoms with Gasteiger partial charge >= 0.3 is 5.97 Å². The van der Waals surface area contributed by atoms with Gasteiger partial charge in [-0.3, -0.25) is 0 Å². The van der Waals surface area contributed by atoms with Gasteiger partial charge in [0.15, 0.2) is 0 Å². The van der Waals surface area contributed by atoms with Crippen molar-refractivity contribution >= 4 is 12.0 Å². The van der Waals surface area contributed by atoms with Gasteiger partial charge < -0.3 is 5.11 Å². The van der Waals surface area contributed by atoms with Crippen LogP contribution in [0.5, 0.6) is 0 Å². The average Bonchev–Trinajstić information content (AvgIpc) is 2.03. The molecule has 0 radical (unpaired) electrons. The van der Waals surface area contributed by atoms with Crippen LogP contribution in [0.15, 0.2) is 30.3 Å². The fraction of sp³-hybridized carbons (Fsp3) is 0.100. The Morgan fingerprint density at radius 1 is 1.33 bits per heavy atom. The first-order valence-electron chi connectivity index (χ1n) is 3.66. The summed E-state index contributed by atoms with van der Waals surface area (Å²) in [5.74, 6) is -0.921. The molecule has 0 saturated carbocycles. The van der Waals surface area contributed by atoms with Crippen molar-refractivity contribution in [2.75, 3.05) is 0 Å². The Bertz CT molecular complexity index is 296. The Balaban J connectivity index is 2.77. The maximum absolute atomic E-state index is 10.2. The molecule has 0 heterocycles. The summed E-state index contributed by atoms with van der Waals surface area (Å²) in [6.45, 7) is 1.99. The first kappa shape index (κ1) is 8.53. The molecule has 0 amide bonds. The van der Waals surface area contributed by atoms with Crippen LogP contribution in [-0.4, -0.2) is 11.1 Å². The number of carboxylic acids is 1. The lowest BCUT2D eigenvalue weighted by Gasteiger charge is -1.92. The van der Waals surface area contributed by atoms with E-state index >= 15 is 0 Å². The summed E-state index contributed by atoms with van der Waals surface area (Å²) in [6.07, 6.45) is 2.70. The fourth-order valence-corrected chi connectivity index (χ4v) is 0.845. The van der Waals surface area contributed by atoms with Gasteiger partial charge in [-0.15, -0.1) is 0 Å². The minimum atomic E-state index is -0.921. The van der Waals surface area contributed by atoms with Gasteiger partial charge in [0.25, 0.3) is 0 Å². The molecular weight excluding hydrogens is 152 g/mol. The molecule has 0 atom stereocenters. The van der Waals surface area contributed by atoms with E-state index in [0.717, 1.165) is 11.6 Å². The molecular formula is C10H10O2. The van der Waals surface area contributed by atoms with Crippen LogP contribution in [0, 0.1) is 6.92 Å². The number of aryl methyl sites for hydroxylation is 1. The van der Waals surface area contributed by atoms with E-state index in [-0.39, 0.29) is 0 Å². The molecule has 2 nitrogen and oxygen atoms in total. The lowest BCUT2D eigenvalue weighted by atomic mass is 10.1. The highest BCUT2D eigenvalue weighted by Gasteiger charge is 1.88. The van der Waals surface area contributed by atoms with E-state index in [0.29, 0.717) is 0 Å². The minimum absolute atomic E-state index is 0.906. The summed E-state index contributed by atoms with van der Waals surface area (Å²) >= 11 is 0. The molecule has 0 spiro atoms. The van der Waals surface area contributed by atoms with E-state index in [1.807, 2.05) is 31.2 Å². The Morgan fingerprint density at radius 2 is 1.92 bits per heavy atom. The largest absolute Gasteiger partial charge is 0.478 e. The van der Waals surface area contributed by atoms with Crippen LogP contribution in [0.1, 0.15) is 11.1 Å². The lowest BCUT2D eigenvalue weighted by molar-refractivity contribution is -0.131. The fourth-order valence-electron chi connectivity index (χ4n) is 0.845. The summed E-state index contributed by atoms with van der Waals surface area (Å²) in [4.78, 5) is 10.2. The lowest BCUT2D eigenvalue weighted by Crippen LogP contribution is -1.85. The van der Waals surface area contributed by atoms with Gasteiger partial charge in [-0.2, -0.15) is 0 Å². The molecule has 0 aliphatic carbocycles. The Kier molecular flexibility index (Phi) is 2.64. The van der Waals surface area contributed by atoms with E-state index in [2.05, 4.69) is 0 Å². The maximum atomic E-state index is 10.2. The zero-order chi connectivity index (χ0) is 8.97. The molecule has 12 heavy (non-hydrogen) atoms. The molecule has 0 fully saturated rings. The second-order valence-corrected chi connectivity index (χ2v) is 2.58. The standard InChI is InChI=1S/C10H10O2/c1-8-2-4-9(5-3-8)6-7-10(11)12/h2-7H,1H3,(H,11,12)/b7-6+. The van der Waals surface area contributed by atoms with Gasteiger partial charge in [-0.05, 0) is 18.6 Å². The summed E-state index contributed by atoms with van der Waals surface area (Å²) in [5.41, 5.74) is 2.07. The van der Waals surface area contributed by atoms with Crippen LogP contribution in [0.3, 0.4) is 0 Å². The number of carbonyl (C=O) groups is 1. The molecule has 1 aromatic carbocycles. The number of aliphatic carboxylic acids is 1. The van der Waals surface area contributed by atoms with Crippen LogP contribution < -0.4 is 0 Å². The molecule has 1 rings (SSSR count). The maximum Gasteiger partial charge on any atom is 0.328 e. The highest BCUT2D eigenvalue weighted by molar-refractivity contribution is 5.85. The number of hydrogen-bond acceptors (Lipinski definition) is 1. The second kappa shape index (κ2) is 3.72. The van der Waals surface area contributed by atoms with E-state index in [9.17, 15) is 4.79 Å². The Labute approximate surface area is 71.2 Å². The van der Waals surface area contributed by atoms with Crippen LogP contribution in [0.4, 0.5) is 0 Å². The van der Waals surface area contributed by atoms with E-state index in [1.165, 1.54) is 5.56 Å². The molecule has 0 unspecified atom stereocenters. The van der Waals surface area contributed by atoms with Crippen molar-refractivity contribution in [3.8, 4) is 0 Å². The predicted octanol–water partition coefficient (Wildman–Crippen LogP) is 2.09. The van der Waals surface area contributed by atoms with E-state index < -0.39 is 5.97 Å². The third-order valence-electron chi connectivity index (χ3n) is 1.50. The normalized spacial score (nSPS) is 10.4. The average molecular weight is 162 g/mol. The van der Waals surface area contributed by atoms with E-state index in [1.54, 1.807) is 6.08 Å². The van der Waals surface area contributed by atoms with Crippen molar-refractivity contribution in [1.29, 1.82) is 0 Å². The highest BCUT2D eigenvalue weighted by atomic mass is 16.4. The Morgan fingerprint density at radius 3 is 2.42 bits per heavy atom. The van der Waals surface area contributed by atoms with Crippen LogP contribution >= 0.6 is 0 Å². The van der Waals surface area contributed by atoms with Gasteiger partial charge in [-0.25, -0.2) is 4.79 Å². The zero-order valence-corrected chi connectivity index (χ0v) is 6.82. The van der Waals surface area contributed by atoms with Gasteiger partial charge in [-0.1, -0.05) is 29.8 Å². The molecule has 1 aromatic rings. The number of rotatable bonds is 2. The van der Waals surface area contributed by atoms with Gasteiger partial charge in [0.1, 0.15) is 0 Å². The Hall–Kier alpha value is -1.57. The van der Waals surface area contributed by atoms with Crippen LogP contribution in [-0.2, 0) is 4.79 Å². The van der Waals surface area contributed by atoms with Gasteiger partial charge in [0.2, 0.25) is 0 Å². The van der Waals surface area contributed by atoms with Crippen molar-refractivity contribution in [3.05, 3.63) is 41.5 Å². The first-order chi connectivity index (χ1) is 5.68. The molecule has 0 bridgehead atoms. The molecule has 0 aromatic heterocycles. The first-order valence-corrected chi connectivity index (χ1v) is 3.66.